The van der Waals surface area contributed by atoms with Crippen LogP contribution in [0.2, 0.25) is 0 Å². The van der Waals surface area contributed by atoms with Gasteiger partial charge in [-0.25, -0.2) is 9.48 Å². The van der Waals surface area contributed by atoms with Crippen molar-refractivity contribution in [2.75, 3.05) is 6.61 Å². The zero-order valence-corrected chi connectivity index (χ0v) is 13.3. The normalized spacial score (nSPS) is 19.0. The summed E-state index contributed by atoms with van der Waals surface area (Å²) in [5, 5.41) is 15.8. The molecule has 7 nitrogen and oxygen atoms in total. The predicted molar refractivity (Wildman–Crippen MR) is 85.9 cm³/mol. The van der Waals surface area contributed by atoms with Crippen molar-refractivity contribution in [3.05, 3.63) is 47.8 Å². The number of ether oxygens (including phenoxy) is 1. The third-order valence-electron chi connectivity index (χ3n) is 3.90. The number of carbonyl (C=O) groups excluding carboxylic acids is 1. The third kappa shape index (κ3) is 3.62. The SMILES string of the molecule is CCOC1CC1C(=O)NCc1cccc(-n2ccc(C(=O)O)n2)c1. The number of amides is 1. The number of rotatable bonds is 7. The fraction of sp³-hybridized carbons (Fsp3) is 0.353. The molecule has 7 heteroatoms. The Morgan fingerprint density at radius 1 is 1.42 bits per heavy atom. The molecule has 1 aromatic heterocycles. The number of hydrogen-bond donors (Lipinski definition) is 2. The summed E-state index contributed by atoms with van der Waals surface area (Å²) < 4.78 is 6.92. The van der Waals surface area contributed by atoms with E-state index >= 15 is 0 Å². The number of aromatic nitrogens is 2. The van der Waals surface area contributed by atoms with E-state index < -0.39 is 5.97 Å². The van der Waals surface area contributed by atoms with Crippen molar-refractivity contribution in [1.29, 1.82) is 0 Å². The molecule has 2 atom stereocenters. The summed E-state index contributed by atoms with van der Waals surface area (Å²) in [5.41, 5.74) is 1.65. The molecule has 0 aliphatic heterocycles. The van der Waals surface area contributed by atoms with E-state index in [4.69, 9.17) is 9.84 Å². The van der Waals surface area contributed by atoms with Crippen molar-refractivity contribution in [3.63, 3.8) is 0 Å². The molecule has 0 bridgehead atoms. The van der Waals surface area contributed by atoms with Crippen LogP contribution in [0.15, 0.2) is 36.5 Å². The average molecular weight is 329 g/mol. The summed E-state index contributed by atoms with van der Waals surface area (Å²) >= 11 is 0. The summed E-state index contributed by atoms with van der Waals surface area (Å²) in [6.45, 7) is 2.96. The lowest BCUT2D eigenvalue weighted by Gasteiger charge is -2.07. The molecule has 1 amide bonds. The number of nitrogens with one attached hydrogen (secondary N) is 1. The second kappa shape index (κ2) is 6.84. The molecular weight excluding hydrogens is 310 g/mol. The Morgan fingerprint density at radius 3 is 2.96 bits per heavy atom. The predicted octanol–water partition coefficient (Wildman–Crippen LogP) is 1.61. The maximum absolute atomic E-state index is 12.0. The Hall–Kier alpha value is -2.67. The first-order valence-corrected chi connectivity index (χ1v) is 7.86. The lowest BCUT2D eigenvalue weighted by molar-refractivity contribution is -0.123. The van der Waals surface area contributed by atoms with Crippen LogP contribution in [0.1, 0.15) is 29.4 Å². The van der Waals surface area contributed by atoms with Gasteiger partial charge in [0.15, 0.2) is 5.69 Å². The summed E-state index contributed by atoms with van der Waals surface area (Å²) in [4.78, 5) is 22.9. The molecule has 1 aliphatic rings. The molecular formula is C17H19N3O4. The van der Waals surface area contributed by atoms with Crippen LogP contribution in [0, 0.1) is 5.92 Å². The van der Waals surface area contributed by atoms with Gasteiger partial charge in [-0.15, -0.1) is 0 Å². The molecule has 2 N–H and O–H groups in total. The van der Waals surface area contributed by atoms with Crippen molar-refractivity contribution < 1.29 is 19.4 Å². The van der Waals surface area contributed by atoms with Crippen molar-refractivity contribution in [2.24, 2.45) is 5.92 Å². The molecule has 0 saturated heterocycles. The van der Waals surface area contributed by atoms with E-state index in [-0.39, 0.29) is 23.6 Å². The maximum Gasteiger partial charge on any atom is 0.356 e. The van der Waals surface area contributed by atoms with Gasteiger partial charge in [0, 0.05) is 19.3 Å². The number of benzene rings is 1. The number of carbonyl (C=O) groups is 2. The highest BCUT2D eigenvalue weighted by atomic mass is 16.5. The van der Waals surface area contributed by atoms with E-state index in [0.717, 1.165) is 17.7 Å². The first-order valence-electron chi connectivity index (χ1n) is 7.86. The van der Waals surface area contributed by atoms with Gasteiger partial charge in [-0.2, -0.15) is 5.10 Å². The topological polar surface area (TPSA) is 93.5 Å². The number of aromatic carboxylic acids is 1. The van der Waals surface area contributed by atoms with E-state index in [1.165, 1.54) is 10.7 Å². The Balaban J connectivity index is 1.61. The summed E-state index contributed by atoms with van der Waals surface area (Å²) in [6, 6.07) is 8.89. The first-order chi connectivity index (χ1) is 11.6. The van der Waals surface area contributed by atoms with Crippen LogP contribution in [-0.4, -0.2) is 39.5 Å². The number of carboxylic acid groups (broad SMARTS) is 1. The van der Waals surface area contributed by atoms with Crippen LogP contribution in [0.5, 0.6) is 0 Å². The van der Waals surface area contributed by atoms with Gasteiger partial charge in [0.1, 0.15) is 0 Å². The van der Waals surface area contributed by atoms with Gasteiger partial charge in [-0.1, -0.05) is 12.1 Å². The van der Waals surface area contributed by atoms with Crippen LogP contribution in [-0.2, 0) is 16.1 Å². The van der Waals surface area contributed by atoms with E-state index in [1.807, 2.05) is 31.2 Å². The van der Waals surface area contributed by atoms with Crippen molar-refractivity contribution >= 4 is 11.9 Å². The first kappa shape index (κ1) is 16.2. The number of nitrogens with zero attached hydrogens (tertiary/aromatic N) is 2. The fourth-order valence-corrected chi connectivity index (χ4v) is 2.56. The standard InChI is InChI=1S/C17H19N3O4/c1-2-24-15-9-13(15)16(21)18-10-11-4-3-5-12(8-11)20-7-6-14(19-20)17(22)23/h3-8,13,15H,2,9-10H2,1H3,(H,18,21)(H,22,23). The zero-order valence-electron chi connectivity index (χ0n) is 13.3. The van der Waals surface area contributed by atoms with Crippen LogP contribution < -0.4 is 5.32 Å². The zero-order chi connectivity index (χ0) is 17.1. The van der Waals surface area contributed by atoms with Crippen LogP contribution in [0.4, 0.5) is 0 Å². The van der Waals surface area contributed by atoms with E-state index in [2.05, 4.69) is 10.4 Å². The van der Waals surface area contributed by atoms with Gasteiger partial charge in [0.25, 0.3) is 0 Å². The minimum absolute atomic E-state index is 0.00565. The van der Waals surface area contributed by atoms with Gasteiger partial charge >= 0.3 is 5.97 Å². The third-order valence-corrected chi connectivity index (χ3v) is 3.90. The fourth-order valence-electron chi connectivity index (χ4n) is 2.56. The molecule has 1 aliphatic carbocycles. The summed E-state index contributed by atoms with van der Waals surface area (Å²) in [7, 11) is 0. The summed E-state index contributed by atoms with van der Waals surface area (Å²) in [5.74, 6) is -1.10. The van der Waals surface area contributed by atoms with Crippen molar-refractivity contribution in [2.45, 2.75) is 26.0 Å². The highest BCUT2D eigenvalue weighted by Crippen LogP contribution is 2.33. The largest absolute Gasteiger partial charge is 0.476 e. The van der Waals surface area contributed by atoms with Crippen molar-refractivity contribution in [3.8, 4) is 5.69 Å². The molecule has 0 spiro atoms. The van der Waals surface area contributed by atoms with Gasteiger partial charge < -0.3 is 15.2 Å². The quantitative estimate of drug-likeness (QED) is 0.805. The molecule has 1 aromatic carbocycles. The van der Waals surface area contributed by atoms with Gasteiger partial charge in [0.2, 0.25) is 5.91 Å². The maximum atomic E-state index is 12.0. The molecule has 0 radical (unpaired) electrons. The lowest BCUT2D eigenvalue weighted by atomic mass is 10.2. The molecule has 1 fully saturated rings. The highest BCUT2D eigenvalue weighted by Gasteiger charge is 2.43. The second-order valence-corrected chi connectivity index (χ2v) is 5.67. The monoisotopic (exact) mass is 329 g/mol. The molecule has 24 heavy (non-hydrogen) atoms. The lowest BCUT2D eigenvalue weighted by Crippen LogP contribution is -2.26. The Bertz CT molecular complexity index is 756. The summed E-state index contributed by atoms with van der Waals surface area (Å²) in [6.07, 6.45) is 2.43. The van der Waals surface area contributed by atoms with Gasteiger partial charge in [-0.3, -0.25) is 4.79 Å². The minimum Gasteiger partial charge on any atom is -0.476 e. The molecule has 2 unspecified atom stereocenters. The van der Waals surface area contributed by atoms with Gasteiger partial charge in [0.05, 0.1) is 17.7 Å². The van der Waals surface area contributed by atoms with E-state index in [1.54, 1.807) is 6.20 Å². The number of hydrogen-bond acceptors (Lipinski definition) is 4. The minimum atomic E-state index is -1.06. The average Bonchev–Trinajstić information content (AvgIpc) is 3.16. The smallest absolute Gasteiger partial charge is 0.356 e. The Morgan fingerprint density at radius 2 is 2.25 bits per heavy atom. The van der Waals surface area contributed by atoms with E-state index in [0.29, 0.717) is 13.2 Å². The van der Waals surface area contributed by atoms with Crippen LogP contribution >= 0.6 is 0 Å². The molecule has 3 rings (SSSR count). The van der Waals surface area contributed by atoms with Gasteiger partial charge in [-0.05, 0) is 37.1 Å². The van der Waals surface area contributed by atoms with Crippen molar-refractivity contribution in [1.82, 2.24) is 15.1 Å². The molecule has 1 saturated carbocycles. The number of carboxylic acids is 1. The Kier molecular flexibility index (Phi) is 4.61. The molecule has 126 valence electrons. The highest BCUT2D eigenvalue weighted by molar-refractivity contribution is 5.85. The second-order valence-electron chi connectivity index (χ2n) is 5.67. The molecule has 1 heterocycles. The van der Waals surface area contributed by atoms with Crippen LogP contribution in [0.25, 0.3) is 5.69 Å². The van der Waals surface area contributed by atoms with E-state index in [9.17, 15) is 9.59 Å². The molecule has 2 aromatic rings. The Labute approximate surface area is 139 Å². The van der Waals surface area contributed by atoms with Crippen LogP contribution in [0.3, 0.4) is 0 Å².